The number of rotatable bonds is 5. The van der Waals surface area contributed by atoms with E-state index in [1.807, 2.05) is 0 Å². The number of piperidine rings is 1. The van der Waals surface area contributed by atoms with Crippen molar-refractivity contribution >= 4 is 0 Å². The van der Waals surface area contributed by atoms with Gasteiger partial charge in [0.05, 0.1) is 6.10 Å². The van der Waals surface area contributed by atoms with Crippen LogP contribution in [0.4, 0.5) is 0 Å². The molecule has 3 nitrogen and oxygen atoms in total. The lowest BCUT2D eigenvalue weighted by Gasteiger charge is -2.37. The quantitative estimate of drug-likeness (QED) is 0.810. The van der Waals surface area contributed by atoms with E-state index < -0.39 is 0 Å². The van der Waals surface area contributed by atoms with Crippen LogP contribution >= 0.6 is 0 Å². The van der Waals surface area contributed by atoms with Crippen LogP contribution in [0.1, 0.15) is 56.9 Å². The highest BCUT2D eigenvalue weighted by Crippen LogP contribution is 2.28. The van der Waals surface area contributed by atoms with Crippen molar-refractivity contribution in [2.45, 2.75) is 70.1 Å². The molecule has 2 aliphatic heterocycles. The molecule has 1 aliphatic carbocycles. The summed E-state index contributed by atoms with van der Waals surface area (Å²) in [6.45, 7) is 6.16. The van der Waals surface area contributed by atoms with Crippen LogP contribution in [0.3, 0.4) is 0 Å². The molecular formula is C21H32N2O. The minimum atomic E-state index is 0.449. The molecule has 3 aliphatic rings. The van der Waals surface area contributed by atoms with Crippen molar-refractivity contribution in [3.05, 3.63) is 29.8 Å². The zero-order valence-corrected chi connectivity index (χ0v) is 15.0. The van der Waals surface area contributed by atoms with E-state index in [0.717, 1.165) is 18.3 Å². The summed E-state index contributed by atoms with van der Waals surface area (Å²) in [5.74, 6) is 1.13. The number of para-hydroxylation sites is 1. The lowest BCUT2D eigenvalue weighted by atomic mass is 10.0. The van der Waals surface area contributed by atoms with Crippen LogP contribution in [0.5, 0.6) is 5.75 Å². The van der Waals surface area contributed by atoms with Gasteiger partial charge in [-0.1, -0.05) is 18.2 Å². The van der Waals surface area contributed by atoms with Crippen LogP contribution in [-0.4, -0.2) is 48.1 Å². The maximum Gasteiger partial charge on any atom is 0.124 e. The van der Waals surface area contributed by atoms with Gasteiger partial charge in [-0.15, -0.1) is 0 Å². The Morgan fingerprint density at radius 1 is 0.875 bits per heavy atom. The van der Waals surface area contributed by atoms with Gasteiger partial charge < -0.3 is 4.74 Å². The highest BCUT2D eigenvalue weighted by molar-refractivity contribution is 5.33. The summed E-state index contributed by atoms with van der Waals surface area (Å²) in [4.78, 5) is 5.39. The Hall–Kier alpha value is -1.06. The second-order valence-electron chi connectivity index (χ2n) is 7.91. The molecule has 1 aromatic carbocycles. The second-order valence-corrected chi connectivity index (χ2v) is 7.91. The lowest BCUT2D eigenvalue weighted by molar-refractivity contribution is 0.109. The first-order valence-corrected chi connectivity index (χ1v) is 10.1. The van der Waals surface area contributed by atoms with Gasteiger partial charge in [-0.2, -0.15) is 0 Å². The summed E-state index contributed by atoms with van der Waals surface area (Å²) in [5.41, 5.74) is 1.38. The van der Waals surface area contributed by atoms with Crippen LogP contribution in [0.15, 0.2) is 24.3 Å². The van der Waals surface area contributed by atoms with Gasteiger partial charge in [0.1, 0.15) is 5.75 Å². The Kier molecular flexibility index (Phi) is 5.39. The molecule has 2 heterocycles. The Balaban J connectivity index is 1.38. The van der Waals surface area contributed by atoms with E-state index in [1.165, 1.54) is 83.1 Å². The number of likely N-dealkylation sites (tertiary alicyclic amines) is 2. The van der Waals surface area contributed by atoms with Gasteiger partial charge in [0, 0.05) is 24.7 Å². The van der Waals surface area contributed by atoms with Crippen molar-refractivity contribution in [3.63, 3.8) is 0 Å². The molecule has 0 aromatic heterocycles. The second kappa shape index (κ2) is 7.88. The monoisotopic (exact) mass is 328 g/mol. The first-order valence-electron chi connectivity index (χ1n) is 10.1. The van der Waals surface area contributed by atoms with Crippen LogP contribution in [0, 0.1) is 0 Å². The molecule has 1 atom stereocenters. The predicted octanol–water partition coefficient (Wildman–Crippen LogP) is 4.07. The molecule has 4 rings (SSSR count). The van der Waals surface area contributed by atoms with Crippen LogP contribution in [-0.2, 0) is 6.54 Å². The van der Waals surface area contributed by atoms with Crippen molar-refractivity contribution in [1.29, 1.82) is 0 Å². The number of benzene rings is 1. The van der Waals surface area contributed by atoms with E-state index in [4.69, 9.17) is 4.74 Å². The van der Waals surface area contributed by atoms with Crippen molar-refractivity contribution in [3.8, 4) is 5.75 Å². The van der Waals surface area contributed by atoms with E-state index in [-0.39, 0.29) is 0 Å². The molecule has 1 aromatic rings. The Morgan fingerprint density at radius 2 is 1.67 bits per heavy atom. The largest absolute Gasteiger partial charge is 0.490 e. The van der Waals surface area contributed by atoms with Gasteiger partial charge in [0.25, 0.3) is 0 Å². The molecular weight excluding hydrogens is 296 g/mol. The molecule has 0 amide bonds. The molecule has 132 valence electrons. The van der Waals surface area contributed by atoms with Gasteiger partial charge >= 0.3 is 0 Å². The van der Waals surface area contributed by atoms with Gasteiger partial charge in [-0.3, -0.25) is 9.80 Å². The highest BCUT2D eigenvalue weighted by Gasteiger charge is 2.27. The van der Waals surface area contributed by atoms with Gasteiger partial charge in [0.2, 0.25) is 0 Å². The zero-order chi connectivity index (χ0) is 16.2. The molecule has 1 saturated carbocycles. The Morgan fingerprint density at radius 3 is 2.50 bits per heavy atom. The third-order valence-corrected chi connectivity index (χ3v) is 6.10. The van der Waals surface area contributed by atoms with Crippen LogP contribution in [0.25, 0.3) is 0 Å². The number of nitrogens with zero attached hydrogens (tertiary/aromatic N) is 2. The Bertz CT molecular complexity index is 520. The van der Waals surface area contributed by atoms with Crippen molar-refractivity contribution in [1.82, 2.24) is 9.80 Å². The summed E-state index contributed by atoms with van der Waals surface area (Å²) in [7, 11) is 0. The third-order valence-electron chi connectivity index (χ3n) is 6.10. The SMILES string of the molecule is c1ccc(OC2CCCC2)c(CN2CCCC(N3CCCC3)C2)c1. The van der Waals surface area contributed by atoms with E-state index in [0.29, 0.717) is 6.10 Å². The van der Waals surface area contributed by atoms with Gasteiger partial charge in [-0.25, -0.2) is 0 Å². The van der Waals surface area contributed by atoms with E-state index in [2.05, 4.69) is 34.1 Å². The summed E-state index contributed by atoms with van der Waals surface area (Å²) in [5, 5.41) is 0. The van der Waals surface area contributed by atoms with Crippen molar-refractivity contribution in [2.75, 3.05) is 26.2 Å². The predicted molar refractivity (Wildman–Crippen MR) is 98.4 cm³/mol. The zero-order valence-electron chi connectivity index (χ0n) is 15.0. The number of hydrogen-bond donors (Lipinski definition) is 0. The fourth-order valence-electron chi connectivity index (χ4n) is 4.76. The molecule has 3 heteroatoms. The molecule has 0 bridgehead atoms. The van der Waals surface area contributed by atoms with Crippen LogP contribution < -0.4 is 4.74 Å². The summed E-state index contributed by atoms with van der Waals surface area (Å²) >= 11 is 0. The molecule has 0 radical (unpaired) electrons. The third kappa shape index (κ3) is 3.94. The first-order chi connectivity index (χ1) is 11.9. The fourth-order valence-corrected chi connectivity index (χ4v) is 4.76. The van der Waals surface area contributed by atoms with E-state index in [9.17, 15) is 0 Å². The molecule has 1 unspecified atom stereocenters. The highest BCUT2D eigenvalue weighted by atomic mass is 16.5. The van der Waals surface area contributed by atoms with Gasteiger partial charge in [0.15, 0.2) is 0 Å². The topological polar surface area (TPSA) is 15.7 Å². The maximum atomic E-state index is 6.34. The summed E-state index contributed by atoms with van der Waals surface area (Å²) in [6, 6.07) is 9.51. The first kappa shape index (κ1) is 16.4. The smallest absolute Gasteiger partial charge is 0.124 e. The van der Waals surface area contributed by atoms with E-state index >= 15 is 0 Å². The van der Waals surface area contributed by atoms with Crippen LogP contribution in [0.2, 0.25) is 0 Å². The number of hydrogen-bond acceptors (Lipinski definition) is 3. The molecule has 24 heavy (non-hydrogen) atoms. The standard InChI is InChI=1S/C21H32N2O/c1-4-12-21(24-20-10-2-3-11-20)18(8-1)16-22-13-7-9-19(17-22)23-14-5-6-15-23/h1,4,8,12,19-20H,2-3,5-7,9-11,13-17H2. The normalized spacial score (nSPS) is 26.9. The molecule has 0 N–H and O–H groups in total. The minimum Gasteiger partial charge on any atom is -0.490 e. The van der Waals surface area contributed by atoms with Gasteiger partial charge in [-0.05, 0) is 77.1 Å². The Labute approximate surface area is 147 Å². The molecule has 3 fully saturated rings. The molecule has 2 saturated heterocycles. The minimum absolute atomic E-state index is 0.449. The maximum absolute atomic E-state index is 6.34. The summed E-state index contributed by atoms with van der Waals surface area (Å²) < 4.78 is 6.34. The fraction of sp³-hybridized carbons (Fsp3) is 0.714. The average molecular weight is 329 g/mol. The van der Waals surface area contributed by atoms with Crippen molar-refractivity contribution < 1.29 is 4.74 Å². The molecule has 0 spiro atoms. The summed E-state index contributed by atoms with van der Waals surface area (Å²) in [6.07, 6.45) is 11.1. The number of ether oxygens (including phenoxy) is 1. The van der Waals surface area contributed by atoms with E-state index in [1.54, 1.807) is 0 Å². The lowest BCUT2D eigenvalue weighted by Crippen LogP contribution is -2.46. The van der Waals surface area contributed by atoms with Crippen molar-refractivity contribution in [2.24, 2.45) is 0 Å². The average Bonchev–Trinajstić information content (AvgIpc) is 3.30.